The Hall–Kier alpha value is -1.54. The predicted molar refractivity (Wildman–Crippen MR) is 82.8 cm³/mol. The van der Waals surface area contributed by atoms with Gasteiger partial charge in [0.25, 0.3) is 5.91 Å². The Morgan fingerprint density at radius 2 is 1.71 bits per heavy atom. The summed E-state index contributed by atoms with van der Waals surface area (Å²) >= 11 is 2.13. The third-order valence-electron chi connectivity index (χ3n) is 2.95. The fraction of sp³-hybridized carbons (Fsp3) is 0.133. The van der Waals surface area contributed by atoms with Crippen molar-refractivity contribution in [3.8, 4) is 0 Å². The van der Waals surface area contributed by atoms with E-state index in [2.05, 4.69) is 27.9 Å². The van der Waals surface area contributed by atoms with Gasteiger partial charge in [0.15, 0.2) is 0 Å². The van der Waals surface area contributed by atoms with Crippen molar-refractivity contribution in [2.45, 2.75) is 6.04 Å². The normalized spacial score (nSPS) is 12.0. The Balaban J connectivity index is 2.22. The third kappa shape index (κ3) is 3.76. The van der Waals surface area contributed by atoms with Crippen molar-refractivity contribution < 1.29 is 18.7 Å². The van der Waals surface area contributed by atoms with Crippen LogP contribution in [0.5, 0.6) is 0 Å². The highest BCUT2D eigenvalue weighted by molar-refractivity contribution is 14.1. The van der Waals surface area contributed by atoms with Crippen molar-refractivity contribution >= 4 is 28.5 Å². The maximum atomic E-state index is 13.5. The van der Waals surface area contributed by atoms with Gasteiger partial charge < -0.3 is 10.4 Å². The van der Waals surface area contributed by atoms with Crippen LogP contribution in [0.3, 0.4) is 0 Å². The molecule has 0 aromatic heterocycles. The first kappa shape index (κ1) is 15.8. The van der Waals surface area contributed by atoms with E-state index in [0.29, 0.717) is 5.56 Å². The number of rotatable bonds is 4. The van der Waals surface area contributed by atoms with E-state index >= 15 is 0 Å². The number of benzene rings is 2. The highest BCUT2D eigenvalue weighted by atomic mass is 127. The minimum absolute atomic E-state index is 0.373. The van der Waals surface area contributed by atoms with E-state index in [0.717, 1.165) is 15.7 Å². The molecule has 110 valence electrons. The predicted octanol–water partition coefficient (Wildman–Crippen LogP) is 3.03. The minimum atomic E-state index is -0.938. The molecule has 2 aromatic carbocycles. The van der Waals surface area contributed by atoms with Crippen LogP contribution in [0, 0.1) is 15.2 Å². The Labute approximate surface area is 134 Å². The van der Waals surface area contributed by atoms with E-state index in [-0.39, 0.29) is 6.61 Å². The molecular formula is C15H12F2INO2. The van der Waals surface area contributed by atoms with Crippen LogP contribution in [-0.2, 0) is 0 Å². The summed E-state index contributed by atoms with van der Waals surface area (Å²) in [7, 11) is 0. The Bertz CT molecular complexity index is 626. The standard InChI is InChI=1S/C15H12F2INO2/c16-11-2-1-3-12(17)14(11)15(21)19-13(8-20)9-4-6-10(18)7-5-9/h1-7,13,20H,8H2,(H,19,21). The lowest BCUT2D eigenvalue weighted by Gasteiger charge is -2.17. The van der Waals surface area contributed by atoms with Gasteiger partial charge >= 0.3 is 0 Å². The highest BCUT2D eigenvalue weighted by Gasteiger charge is 2.20. The molecule has 0 aliphatic heterocycles. The first-order valence-electron chi connectivity index (χ1n) is 6.14. The van der Waals surface area contributed by atoms with Crippen molar-refractivity contribution in [3.63, 3.8) is 0 Å². The van der Waals surface area contributed by atoms with Crippen molar-refractivity contribution in [2.75, 3.05) is 6.61 Å². The maximum absolute atomic E-state index is 13.5. The van der Waals surface area contributed by atoms with Crippen molar-refractivity contribution in [3.05, 3.63) is 68.8 Å². The number of hydrogen-bond acceptors (Lipinski definition) is 2. The first-order chi connectivity index (χ1) is 10.0. The van der Waals surface area contributed by atoms with Crippen molar-refractivity contribution in [2.24, 2.45) is 0 Å². The zero-order valence-corrected chi connectivity index (χ0v) is 13.0. The van der Waals surface area contributed by atoms with Gasteiger partial charge in [-0.05, 0) is 52.4 Å². The number of nitrogens with one attached hydrogen (secondary N) is 1. The van der Waals surface area contributed by atoms with Crippen LogP contribution >= 0.6 is 22.6 Å². The van der Waals surface area contributed by atoms with E-state index in [1.165, 1.54) is 6.07 Å². The molecular weight excluding hydrogens is 391 g/mol. The fourth-order valence-corrected chi connectivity index (χ4v) is 2.23. The largest absolute Gasteiger partial charge is 0.394 e. The monoisotopic (exact) mass is 403 g/mol. The molecule has 0 fully saturated rings. The molecule has 0 aliphatic carbocycles. The molecule has 0 spiro atoms. The molecule has 0 radical (unpaired) electrons. The van der Waals surface area contributed by atoms with Gasteiger partial charge in [-0.2, -0.15) is 0 Å². The molecule has 0 heterocycles. The molecule has 0 saturated carbocycles. The summed E-state index contributed by atoms with van der Waals surface area (Å²) in [5.41, 5.74) is 0.00414. The average Bonchev–Trinajstić information content (AvgIpc) is 2.45. The molecule has 0 aliphatic rings. The van der Waals surface area contributed by atoms with Gasteiger partial charge in [0, 0.05) is 3.57 Å². The smallest absolute Gasteiger partial charge is 0.257 e. The van der Waals surface area contributed by atoms with Crippen LogP contribution < -0.4 is 5.32 Å². The van der Waals surface area contributed by atoms with Crippen LogP contribution in [-0.4, -0.2) is 17.6 Å². The van der Waals surface area contributed by atoms with Gasteiger partial charge in [-0.15, -0.1) is 0 Å². The second kappa shape index (κ2) is 6.95. The second-order valence-electron chi connectivity index (χ2n) is 4.36. The van der Waals surface area contributed by atoms with Crippen LogP contribution in [0.4, 0.5) is 8.78 Å². The molecule has 2 N–H and O–H groups in total. The molecule has 2 rings (SSSR count). The number of carbonyl (C=O) groups excluding carboxylic acids is 1. The van der Waals surface area contributed by atoms with Gasteiger partial charge in [-0.25, -0.2) is 8.78 Å². The van der Waals surface area contributed by atoms with Crippen LogP contribution in [0.15, 0.2) is 42.5 Å². The maximum Gasteiger partial charge on any atom is 0.257 e. The van der Waals surface area contributed by atoms with Crippen molar-refractivity contribution in [1.82, 2.24) is 5.32 Å². The van der Waals surface area contributed by atoms with Crippen LogP contribution in [0.25, 0.3) is 0 Å². The van der Waals surface area contributed by atoms with E-state index in [4.69, 9.17) is 0 Å². The number of hydrogen-bond donors (Lipinski definition) is 2. The van der Waals surface area contributed by atoms with Gasteiger partial charge in [0.05, 0.1) is 12.6 Å². The number of amides is 1. The van der Waals surface area contributed by atoms with E-state index in [1.54, 1.807) is 12.1 Å². The van der Waals surface area contributed by atoms with Gasteiger partial charge in [0.1, 0.15) is 17.2 Å². The van der Waals surface area contributed by atoms with Crippen LogP contribution in [0.2, 0.25) is 0 Å². The lowest BCUT2D eigenvalue weighted by molar-refractivity contribution is 0.0907. The van der Waals surface area contributed by atoms with Gasteiger partial charge in [0.2, 0.25) is 0 Å². The summed E-state index contributed by atoms with van der Waals surface area (Å²) < 4.78 is 28.1. The topological polar surface area (TPSA) is 49.3 Å². The average molecular weight is 403 g/mol. The van der Waals surface area contributed by atoms with Crippen molar-refractivity contribution in [1.29, 1.82) is 0 Å². The van der Waals surface area contributed by atoms with Gasteiger partial charge in [-0.3, -0.25) is 4.79 Å². The summed E-state index contributed by atoms with van der Waals surface area (Å²) in [6.07, 6.45) is 0. The van der Waals surface area contributed by atoms with Gasteiger partial charge in [-0.1, -0.05) is 18.2 Å². The van der Waals surface area contributed by atoms with Crippen LogP contribution in [0.1, 0.15) is 22.0 Å². The highest BCUT2D eigenvalue weighted by Crippen LogP contribution is 2.17. The summed E-state index contributed by atoms with van der Waals surface area (Å²) in [6.45, 7) is -0.373. The summed E-state index contributed by atoms with van der Waals surface area (Å²) in [5, 5.41) is 11.8. The zero-order valence-electron chi connectivity index (χ0n) is 10.8. The summed E-state index contributed by atoms with van der Waals surface area (Å²) in [5.74, 6) is -2.78. The number of aliphatic hydroxyl groups excluding tert-OH is 1. The molecule has 0 bridgehead atoms. The number of halogens is 3. The SMILES string of the molecule is O=C(NC(CO)c1ccc(I)cc1)c1c(F)cccc1F. The number of carbonyl (C=O) groups is 1. The lowest BCUT2D eigenvalue weighted by Crippen LogP contribution is -2.32. The summed E-state index contributed by atoms with van der Waals surface area (Å²) in [6, 6.07) is 9.58. The zero-order chi connectivity index (χ0) is 15.4. The molecule has 2 aromatic rings. The molecule has 6 heteroatoms. The molecule has 0 saturated heterocycles. The summed E-state index contributed by atoms with van der Waals surface area (Å²) in [4.78, 5) is 12.0. The minimum Gasteiger partial charge on any atom is -0.394 e. The number of aliphatic hydroxyl groups is 1. The molecule has 1 unspecified atom stereocenters. The van der Waals surface area contributed by atoms with E-state index in [9.17, 15) is 18.7 Å². The molecule has 1 atom stereocenters. The second-order valence-corrected chi connectivity index (χ2v) is 5.60. The molecule has 1 amide bonds. The lowest BCUT2D eigenvalue weighted by atomic mass is 10.1. The first-order valence-corrected chi connectivity index (χ1v) is 7.22. The van der Waals surface area contributed by atoms with E-state index < -0.39 is 29.1 Å². The fourth-order valence-electron chi connectivity index (χ4n) is 1.87. The molecule has 3 nitrogen and oxygen atoms in total. The Morgan fingerprint density at radius 3 is 2.24 bits per heavy atom. The quantitative estimate of drug-likeness (QED) is 0.772. The third-order valence-corrected chi connectivity index (χ3v) is 3.67. The van der Waals surface area contributed by atoms with E-state index in [1.807, 2.05) is 12.1 Å². The molecule has 21 heavy (non-hydrogen) atoms. The Kier molecular flexibility index (Phi) is 5.24. The Morgan fingerprint density at radius 1 is 1.14 bits per heavy atom.